The van der Waals surface area contributed by atoms with E-state index < -0.39 is 5.67 Å². The molecule has 0 spiro atoms. The summed E-state index contributed by atoms with van der Waals surface area (Å²) in [6.07, 6.45) is 6.19. The fourth-order valence-corrected chi connectivity index (χ4v) is 2.68. The standard InChI is InChI=1S/C14H22FN5O/c15-14(11-16-13(21)12-1-2-12)3-7-19(8-4-14)9-10-20-17-5-6-18-20/h5-6,12H,1-4,7-11H2,(H,16,21). The van der Waals surface area contributed by atoms with Crippen LogP contribution in [0.2, 0.25) is 0 Å². The Kier molecular flexibility index (Phi) is 4.19. The Morgan fingerprint density at radius 1 is 1.24 bits per heavy atom. The van der Waals surface area contributed by atoms with E-state index in [4.69, 9.17) is 0 Å². The molecule has 1 aromatic rings. The largest absolute Gasteiger partial charge is 0.353 e. The van der Waals surface area contributed by atoms with Crippen molar-refractivity contribution in [2.45, 2.75) is 37.9 Å². The number of amides is 1. The summed E-state index contributed by atoms with van der Waals surface area (Å²) >= 11 is 0. The summed E-state index contributed by atoms with van der Waals surface area (Å²) in [5, 5.41) is 10.9. The smallest absolute Gasteiger partial charge is 0.223 e. The molecule has 3 rings (SSSR count). The van der Waals surface area contributed by atoms with Gasteiger partial charge in [-0.3, -0.25) is 4.79 Å². The van der Waals surface area contributed by atoms with Crippen molar-refractivity contribution in [1.82, 2.24) is 25.2 Å². The first-order valence-corrected chi connectivity index (χ1v) is 7.68. The summed E-state index contributed by atoms with van der Waals surface area (Å²) in [5.74, 6) is 0.175. The highest BCUT2D eigenvalue weighted by atomic mass is 19.1. The number of alkyl halides is 1. The molecule has 1 aliphatic heterocycles. The number of hydrogen-bond acceptors (Lipinski definition) is 4. The van der Waals surface area contributed by atoms with E-state index in [9.17, 15) is 9.18 Å². The van der Waals surface area contributed by atoms with Crippen LogP contribution in [-0.2, 0) is 11.3 Å². The molecule has 2 heterocycles. The molecular weight excluding hydrogens is 273 g/mol. The molecule has 1 N–H and O–H groups in total. The van der Waals surface area contributed by atoms with Gasteiger partial charge in [-0.1, -0.05) is 0 Å². The summed E-state index contributed by atoms with van der Waals surface area (Å²) in [4.78, 5) is 15.5. The highest BCUT2D eigenvalue weighted by Gasteiger charge is 2.36. The Morgan fingerprint density at radius 3 is 2.52 bits per heavy atom. The molecule has 0 bridgehead atoms. The maximum atomic E-state index is 14.6. The van der Waals surface area contributed by atoms with Gasteiger partial charge < -0.3 is 10.2 Å². The second-order valence-electron chi connectivity index (χ2n) is 6.11. The SMILES string of the molecule is O=C(NCC1(F)CCN(CCn2nccn2)CC1)C1CC1. The predicted molar refractivity (Wildman–Crippen MR) is 75.3 cm³/mol. The average molecular weight is 295 g/mol. The molecule has 21 heavy (non-hydrogen) atoms. The summed E-state index contributed by atoms with van der Waals surface area (Å²) in [6.45, 7) is 3.16. The third-order valence-corrected chi connectivity index (χ3v) is 4.36. The van der Waals surface area contributed by atoms with Crippen molar-refractivity contribution in [2.24, 2.45) is 5.92 Å². The second kappa shape index (κ2) is 6.09. The van der Waals surface area contributed by atoms with Crippen molar-refractivity contribution in [1.29, 1.82) is 0 Å². The number of aromatic nitrogens is 3. The topological polar surface area (TPSA) is 63.1 Å². The van der Waals surface area contributed by atoms with Crippen LogP contribution in [0.5, 0.6) is 0 Å². The lowest BCUT2D eigenvalue weighted by atomic mass is 9.93. The van der Waals surface area contributed by atoms with Gasteiger partial charge in [0.1, 0.15) is 5.67 Å². The zero-order chi connectivity index (χ0) is 14.7. The van der Waals surface area contributed by atoms with Crippen LogP contribution in [0.3, 0.4) is 0 Å². The van der Waals surface area contributed by atoms with Gasteiger partial charge in [0.15, 0.2) is 0 Å². The highest BCUT2D eigenvalue weighted by molar-refractivity contribution is 5.80. The minimum Gasteiger partial charge on any atom is -0.353 e. The van der Waals surface area contributed by atoms with Crippen molar-refractivity contribution >= 4 is 5.91 Å². The van der Waals surface area contributed by atoms with E-state index >= 15 is 0 Å². The van der Waals surface area contributed by atoms with Crippen molar-refractivity contribution in [2.75, 3.05) is 26.2 Å². The number of rotatable bonds is 6. The Morgan fingerprint density at radius 2 is 1.90 bits per heavy atom. The number of likely N-dealkylation sites (tertiary alicyclic amines) is 1. The molecule has 1 saturated heterocycles. The molecular formula is C14H22FN5O. The van der Waals surface area contributed by atoms with Crippen LogP contribution < -0.4 is 5.32 Å². The van der Waals surface area contributed by atoms with Gasteiger partial charge in [0.25, 0.3) is 0 Å². The molecule has 6 nitrogen and oxygen atoms in total. The van der Waals surface area contributed by atoms with Gasteiger partial charge in [0.2, 0.25) is 5.91 Å². The van der Waals surface area contributed by atoms with Crippen molar-refractivity contribution in [3.63, 3.8) is 0 Å². The number of hydrogen-bond donors (Lipinski definition) is 1. The van der Waals surface area contributed by atoms with E-state index in [1.807, 2.05) is 0 Å². The molecule has 7 heteroatoms. The first kappa shape index (κ1) is 14.4. The third-order valence-electron chi connectivity index (χ3n) is 4.36. The number of nitrogens with one attached hydrogen (secondary N) is 1. The molecule has 2 aliphatic rings. The van der Waals surface area contributed by atoms with Gasteiger partial charge in [0.05, 0.1) is 25.5 Å². The summed E-state index contributed by atoms with van der Waals surface area (Å²) in [6, 6.07) is 0. The van der Waals surface area contributed by atoms with Gasteiger partial charge in [-0.2, -0.15) is 15.0 Å². The van der Waals surface area contributed by atoms with E-state index in [-0.39, 0.29) is 18.4 Å². The second-order valence-corrected chi connectivity index (χ2v) is 6.11. The summed E-state index contributed by atoms with van der Waals surface area (Å²) in [7, 11) is 0. The van der Waals surface area contributed by atoms with Gasteiger partial charge in [-0.25, -0.2) is 4.39 Å². The first-order valence-electron chi connectivity index (χ1n) is 7.68. The maximum Gasteiger partial charge on any atom is 0.223 e. The minimum atomic E-state index is -1.25. The van der Waals surface area contributed by atoms with E-state index in [1.165, 1.54) is 0 Å². The zero-order valence-electron chi connectivity index (χ0n) is 12.2. The lowest BCUT2D eigenvalue weighted by Crippen LogP contribution is -2.49. The Bertz CT molecular complexity index is 466. The fourth-order valence-electron chi connectivity index (χ4n) is 2.68. The molecule has 0 aromatic carbocycles. The van der Waals surface area contributed by atoms with E-state index in [1.54, 1.807) is 17.2 Å². The minimum absolute atomic E-state index is 0.0270. The van der Waals surface area contributed by atoms with Crippen LogP contribution >= 0.6 is 0 Å². The molecule has 1 aromatic heterocycles. The van der Waals surface area contributed by atoms with Crippen LogP contribution in [-0.4, -0.2) is 57.6 Å². The zero-order valence-corrected chi connectivity index (χ0v) is 12.2. The van der Waals surface area contributed by atoms with Gasteiger partial charge in [-0.15, -0.1) is 0 Å². The molecule has 2 fully saturated rings. The lowest BCUT2D eigenvalue weighted by Gasteiger charge is -2.36. The van der Waals surface area contributed by atoms with E-state index in [2.05, 4.69) is 20.4 Å². The molecule has 0 unspecified atom stereocenters. The number of halogens is 1. The molecule has 0 atom stereocenters. The lowest BCUT2D eigenvalue weighted by molar-refractivity contribution is -0.123. The molecule has 116 valence electrons. The van der Waals surface area contributed by atoms with Crippen LogP contribution in [0.25, 0.3) is 0 Å². The molecule has 0 radical (unpaired) electrons. The van der Waals surface area contributed by atoms with Crippen molar-refractivity contribution in [3.8, 4) is 0 Å². The number of carbonyl (C=O) groups is 1. The molecule has 1 amide bonds. The number of nitrogens with zero attached hydrogens (tertiary/aromatic N) is 4. The normalized spacial score (nSPS) is 22.1. The van der Waals surface area contributed by atoms with E-state index in [0.717, 1.165) is 39.0 Å². The average Bonchev–Trinajstić information content (AvgIpc) is 3.21. The highest BCUT2D eigenvalue weighted by Crippen LogP contribution is 2.30. The third kappa shape index (κ3) is 4.00. The monoisotopic (exact) mass is 295 g/mol. The van der Waals surface area contributed by atoms with E-state index in [0.29, 0.717) is 12.8 Å². The number of piperidine rings is 1. The van der Waals surface area contributed by atoms with Crippen LogP contribution in [0.1, 0.15) is 25.7 Å². The van der Waals surface area contributed by atoms with Crippen molar-refractivity contribution < 1.29 is 9.18 Å². The molecule has 1 saturated carbocycles. The van der Waals surface area contributed by atoms with Crippen molar-refractivity contribution in [3.05, 3.63) is 12.4 Å². The molecule has 1 aliphatic carbocycles. The summed E-state index contributed by atoms with van der Waals surface area (Å²) in [5.41, 5.74) is -1.25. The first-order chi connectivity index (χ1) is 10.1. The van der Waals surface area contributed by atoms with Crippen LogP contribution in [0, 0.1) is 5.92 Å². The Balaban J connectivity index is 1.37. The quantitative estimate of drug-likeness (QED) is 0.835. The Hall–Kier alpha value is -1.50. The number of carbonyl (C=O) groups excluding carboxylic acids is 1. The fraction of sp³-hybridized carbons (Fsp3) is 0.786. The van der Waals surface area contributed by atoms with Gasteiger partial charge in [0, 0.05) is 25.6 Å². The summed E-state index contributed by atoms with van der Waals surface area (Å²) < 4.78 is 14.6. The predicted octanol–water partition coefficient (Wildman–Crippen LogP) is 0.608. The van der Waals surface area contributed by atoms with Crippen LogP contribution in [0.15, 0.2) is 12.4 Å². The van der Waals surface area contributed by atoms with Crippen LogP contribution in [0.4, 0.5) is 4.39 Å². The van der Waals surface area contributed by atoms with Gasteiger partial charge >= 0.3 is 0 Å². The Labute approximate surface area is 123 Å². The maximum absolute atomic E-state index is 14.6. The van der Waals surface area contributed by atoms with Gasteiger partial charge in [-0.05, 0) is 25.7 Å².